The van der Waals surface area contributed by atoms with Crippen molar-refractivity contribution in [2.24, 2.45) is 20.4 Å². The molecule has 46 heavy (non-hydrogen) atoms. The molecule has 0 fully saturated rings. The fraction of sp³-hybridized carbons (Fsp3) is 0.176. The van der Waals surface area contributed by atoms with Gasteiger partial charge in [-0.2, -0.15) is 15.3 Å². The lowest BCUT2D eigenvalue weighted by molar-refractivity contribution is 0.0956. The summed E-state index contributed by atoms with van der Waals surface area (Å²) in [5, 5.41) is 20.4. The minimum absolute atomic E-state index is 0.339. The van der Waals surface area contributed by atoms with Crippen molar-refractivity contribution in [3.63, 3.8) is 0 Å². The summed E-state index contributed by atoms with van der Waals surface area (Å²) in [6, 6.07) is 27.4. The van der Waals surface area contributed by atoms with Gasteiger partial charge in [-0.25, -0.2) is 15.4 Å². The number of thiazole rings is 2. The zero-order valence-corrected chi connectivity index (χ0v) is 27.3. The number of hydrogen-bond acceptors (Lipinski definition) is 10. The molecule has 3 aromatic carbocycles. The Kier molecular flexibility index (Phi) is 8.99. The fourth-order valence-electron chi connectivity index (χ4n) is 4.74. The van der Waals surface area contributed by atoms with Crippen LogP contribution in [0, 0.1) is 13.8 Å². The lowest BCUT2D eigenvalue weighted by atomic mass is 10.1. The largest absolute Gasteiger partial charge is 0.307 e. The summed E-state index contributed by atoms with van der Waals surface area (Å²) in [7, 11) is 1.76. The van der Waals surface area contributed by atoms with Crippen LogP contribution in [0.1, 0.15) is 43.9 Å². The number of carbonyl (C=O) groups is 2. The van der Waals surface area contributed by atoms with Crippen LogP contribution in [-0.2, 0) is 0 Å². The van der Waals surface area contributed by atoms with E-state index in [0.717, 1.165) is 32.3 Å². The van der Waals surface area contributed by atoms with Crippen LogP contribution in [0.2, 0.25) is 0 Å². The van der Waals surface area contributed by atoms with Crippen LogP contribution >= 0.6 is 22.7 Å². The first-order valence-corrected chi connectivity index (χ1v) is 16.2. The van der Waals surface area contributed by atoms with Gasteiger partial charge in [0, 0.05) is 30.2 Å². The molecule has 1 aliphatic heterocycles. The second-order valence-electron chi connectivity index (χ2n) is 10.7. The number of amides is 2. The van der Waals surface area contributed by atoms with E-state index in [4.69, 9.17) is 4.98 Å². The van der Waals surface area contributed by atoms with Gasteiger partial charge in [0.1, 0.15) is 19.8 Å². The van der Waals surface area contributed by atoms with Crippen LogP contribution in [0.5, 0.6) is 0 Å². The van der Waals surface area contributed by atoms with Gasteiger partial charge in [-0.3, -0.25) is 14.6 Å². The molecule has 10 nitrogen and oxygen atoms in total. The lowest BCUT2D eigenvalue weighted by Crippen LogP contribution is -2.22. The van der Waals surface area contributed by atoms with Crippen LogP contribution in [0.3, 0.4) is 0 Å². The highest BCUT2D eigenvalue weighted by molar-refractivity contribution is 7.17. The smallest absolute Gasteiger partial charge is 0.273 e. The van der Waals surface area contributed by atoms with Crippen molar-refractivity contribution in [1.82, 2.24) is 20.4 Å². The Morgan fingerprint density at radius 1 is 0.826 bits per heavy atom. The molecule has 1 unspecified atom stereocenters. The van der Waals surface area contributed by atoms with E-state index in [2.05, 4.69) is 30.8 Å². The summed E-state index contributed by atoms with van der Waals surface area (Å²) in [6.07, 6.45) is -0.125. The number of rotatable bonds is 8. The lowest BCUT2D eigenvalue weighted by Gasteiger charge is -2.11. The van der Waals surface area contributed by atoms with E-state index in [0.29, 0.717) is 39.0 Å². The van der Waals surface area contributed by atoms with Gasteiger partial charge >= 0.3 is 5.91 Å². The molecule has 0 saturated heterocycles. The van der Waals surface area contributed by atoms with E-state index in [1.165, 1.54) is 22.7 Å². The zero-order chi connectivity index (χ0) is 32.2. The third kappa shape index (κ3) is 6.72. The molecule has 3 heterocycles. The van der Waals surface area contributed by atoms with Gasteiger partial charge in [-0.05, 0) is 20.8 Å². The number of nitrogens with zero attached hydrogens (tertiary/aromatic N) is 7. The highest BCUT2D eigenvalue weighted by Crippen LogP contribution is 2.35. The minimum atomic E-state index is -0.499. The van der Waals surface area contributed by atoms with Crippen molar-refractivity contribution in [1.29, 1.82) is 0 Å². The summed E-state index contributed by atoms with van der Waals surface area (Å²) in [4.78, 5) is 36.7. The standard InChI is InChI=1S/C34H30N8O2S2/c1-20-15-17-23(18-16-20)28-30(46-34(36-28)25-13-9-6-10-14-25)32(44)40-38-27-19-26(41-42(27)4)21(2)37-39-31(43)29-22(3)35-33(45-29)24-11-7-5-8-12-24/h5-18,27H,19H2,1-4H3,(H,39,43)/b37-21+,40-38?. The number of carbonyl (C=O) groups excluding carboxylic acids is 2. The average Bonchev–Trinajstić information content (AvgIpc) is 3.80. The average molecular weight is 647 g/mol. The molecule has 6 rings (SSSR count). The molecule has 2 aromatic heterocycles. The molecule has 0 spiro atoms. The van der Waals surface area contributed by atoms with Gasteiger partial charge < -0.3 is 0 Å². The summed E-state index contributed by atoms with van der Waals surface area (Å²) in [5.41, 5.74) is 8.85. The highest BCUT2D eigenvalue weighted by Gasteiger charge is 2.27. The van der Waals surface area contributed by atoms with E-state index in [1.807, 2.05) is 91.9 Å². The van der Waals surface area contributed by atoms with Crippen molar-refractivity contribution >= 4 is 45.9 Å². The number of nitrogens with one attached hydrogen (secondary N) is 1. The van der Waals surface area contributed by atoms with Crippen molar-refractivity contribution < 1.29 is 9.59 Å². The highest BCUT2D eigenvalue weighted by atomic mass is 32.1. The topological polar surface area (TPSA) is 125 Å². The van der Waals surface area contributed by atoms with E-state index >= 15 is 0 Å². The Morgan fingerprint density at radius 2 is 1.43 bits per heavy atom. The Labute approximate surface area is 274 Å². The first-order chi connectivity index (χ1) is 22.3. The summed E-state index contributed by atoms with van der Waals surface area (Å²) in [5.74, 6) is -0.807. The van der Waals surface area contributed by atoms with E-state index in [1.54, 1.807) is 25.9 Å². The molecule has 1 N–H and O–H groups in total. The second-order valence-corrected chi connectivity index (χ2v) is 12.7. The molecule has 1 atom stereocenters. The number of azo groups is 1. The maximum absolute atomic E-state index is 13.4. The van der Waals surface area contributed by atoms with Gasteiger partial charge in [-0.15, -0.1) is 27.8 Å². The predicted molar refractivity (Wildman–Crippen MR) is 183 cm³/mol. The van der Waals surface area contributed by atoms with Crippen molar-refractivity contribution in [3.8, 4) is 32.4 Å². The van der Waals surface area contributed by atoms with Crippen molar-refractivity contribution in [3.05, 3.63) is 106 Å². The number of aromatic nitrogens is 2. The molecular formula is C34H30N8O2S2. The monoisotopic (exact) mass is 646 g/mol. The normalized spacial score (nSPS) is 15.0. The number of aryl methyl sites for hydroxylation is 2. The molecule has 0 bridgehead atoms. The summed E-state index contributed by atoms with van der Waals surface area (Å²) >= 11 is 2.62. The molecule has 1 aliphatic rings. The minimum Gasteiger partial charge on any atom is -0.273 e. The maximum Gasteiger partial charge on any atom is 0.307 e. The van der Waals surface area contributed by atoms with Gasteiger partial charge in [0.15, 0.2) is 6.17 Å². The quantitative estimate of drug-likeness (QED) is 0.105. The van der Waals surface area contributed by atoms with Crippen LogP contribution < -0.4 is 5.43 Å². The molecule has 230 valence electrons. The Morgan fingerprint density at radius 3 is 2.09 bits per heavy atom. The van der Waals surface area contributed by atoms with Crippen LogP contribution in [0.25, 0.3) is 32.4 Å². The molecule has 2 amide bonds. The fourth-order valence-corrected chi connectivity index (χ4v) is 6.67. The molecule has 0 radical (unpaired) electrons. The third-order valence-electron chi connectivity index (χ3n) is 7.30. The zero-order valence-electron chi connectivity index (χ0n) is 25.6. The maximum atomic E-state index is 13.4. The van der Waals surface area contributed by atoms with Crippen molar-refractivity contribution in [2.75, 3.05) is 7.05 Å². The van der Waals surface area contributed by atoms with E-state index < -0.39 is 12.1 Å². The Balaban J connectivity index is 1.14. The van der Waals surface area contributed by atoms with Gasteiger partial charge in [-0.1, -0.05) is 90.5 Å². The third-order valence-corrected chi connectivity index (χ3v) is 9.60. The SMILES string of the molecule is C/C(=N\NC(=O)c1sc(-c2ccccc2)nc1C)C1=NN(C)C(N=NC(=O)c2sc(-c3ccccc3)nc2-c2ccc(C)cc2)C1. The van der Waals surface area contributed by atoms with Crippen LogP contribution in [-0.4, -0.2) is 51.4 Å². The van der Waals surface area contributed by atoms with Crippen LogP contribution in [0.4, 0.5) is 0 Å². The molecule has 0 saturated carbocycles. The first-order valence-electron chi connectivity index (χ1n) is 14.5. The van der Waals surface area contributed by atoms with Crippen molar-refractivity contribution in [2.45, 2.75) is 33.4 Å². The van der Waals surface area contributed by atoms with Gasteiger partial charge in [0.05, 0.1) is 22.8 Å². The Bertz CT molecular complexity index is 1980. The molecule has 5 aromatic rings. The number of benzene rings is 3. The van der Waals surface area contributed by atoms with Gasteiger partial charge in [0.25, 0.3) is 5.91 Å². The summed E-state index contributed by atoms with van der Waals surface area (Å²) < 4.78 is 0. The van der Waals surface area contributed by atoms with Gasteiger partial charge in [0.2, 0.25) is 0 Å². The first kappa shape index (κ1) is 30.8. The summed E-state index contributed by atoms with van der Waals surface area (Å²) in [6.45, 7) is 5.59. The molecule has 12 heteroatoms. The second kappa shape index (κ2) is 13.4. The molecular weight excluding hydrogens is 617 g/mol. The number of hydrazone groups is 2. The molecule has 0 aliphatic carbocycles. The number of hydrogen-bond donors (Lipinski definition) is 1. The Hall–Kier alpha value is -5.20. The van der Waals surface area contributed by atoms with E-state index in [9.17, 15) is 9.59 Å². The van der Waals surface area contributed by atoms with E-state index in [-0.39, 0.29) is 5.91 Å². The van der Waals surface area contributed by atoms with Crippen LogP contribution in [0.15, 0.2) is 105 Å². The predicted octanol–water partition coefficient (Wildman–Crippen LogP) is 7.63.